The molecule has 0 radical (unpaired) electrons. The Hall–Kier alpha value is -0.0551. The summed E-state index contributed by atoms with van der Waals surface area (Å²) in [5.41, 5.74) is -0.454. The molecule has 1 atom stereocenters. The van der Waals surface area contributed by atoms with E-state index in [-0.39, 0.29) is 23.4 Å². The second-order valence-electron chi connectivity index (χ2n) is 6.92. The second kappa shape index (κ2) is 8.54. The standard InChI is InChI=1S/C17H37BO3/c1-10-17(18(9)21-13-4,16(7,8)20-12-3)14-15(5,6)19-11-2/h10-14H2,1-9H3. The molecule has 21 heavy (non-hydrogen) atoms. The van der Waals surface area contributed by atoms with Gasteiger partial charge in [0.1, 0.15) is 0 Å². The Morgan fingerprint density at radius 1 is 0.810 bits per heavy atom. The van der Waals surface area contributed by atoms with Crippen LogP contribution in [0.3, 0.4) is 0 Å². The van der Waals surface area contributed by atoms with Crippen molar-refractivity contribution in [2.24, 2.45) is 0 Å². The molecule has 0 bridgehead atoms. The van der Waals surface area contributed by atoms with E-state index >= 15 is 0 Å². The van der Waals surface area contributed by atoms with Crippen LogP contribution in [0.5, 0.6) is 0 Å². The lowest BCUT2D eigenvalue weighted by molar-refractivity contribution is -0.0926. The van der Waals surface area contributed by atoms with Crippen LogP contribution >= 0.6 is 0 Å². The molecule has 3 nitrogen and oxygen atoms in total. The summed E-state index contributed by atoms with van der Waals surface area (Å²) >= 11 is 0. The van der Waals surface area contributed by atoms with Gasteiger partial charge in [0.15, 0.2) is 0 Å². The Labute approximate surface area is 133 Å². The van der Waals surface area contributed by atoms with Crippen LogP contribution in [0, 0.1) is 0 Å². The van der Waals surface area contributed by atoms with E-state index in [2.05, 4.69) is 62.2 Å². The van der Waals surface area contributed by atoms with E-state index < -0.39 is 0 Å². The highest BCUT2D eigenvalue weighted by Gasteiger charge is 2.53. The van der Waals surface area contributed by atoms with Crippen molar-refractivity contribution in [2.75, 3.05) is 19.8 Å². The van der Waals surface area contributed by atoms with Crippen molar-refractivity contribution < 1.29 is 14.1 Å². The Kier molecular flexibility index (Phi) is 8.52. The summed E-state index contributed by atoms with van der Waals surface area (Å²) in [6.07, 6.45) is 1.91. The monoisotopic (exact) mass is 300 g/mol. The summed E-state index contributed by atoms with van der Waals surface area (Å²) in [4.78, 5) is 0. The lowest BCUT2D eigenvalue weighted by atomic mass is 9.38. The summed E-state index contributed by atoms with van der Waals surface area (Å²) in [5, 5.41) is -0.0856. The van der Waals surface area contributed by atoms with Crippen molar-refractivity contribution in [3.63, 3.8) is 0 Å². The van der Waals surface area contributed by atoms with Crippen molar-refractivity contribution in [2.45, 2.75) is 91.6 Å². The summed E-state index contributed by atoms with van der Waals surface area (Å²) in [6, 6.07) is 0. The lowest BCUT2D eigenvalue weighted by Gasteiger charge is -2.51. The van der Waals surface area contributed by atoms with Gasteiger partial charge in [-0.2, -0.15) is 0 Å². The van der Waals surface area contributed by atoms with Crippen LogP contribution in [0.25, 0.3) is 0 Å². The Bertz CT molecular complexity index is 292. The highest BCUT2D eigenvalue weighted by atomic mass is 16.5. The number of hydrogen-bond donors (Lipinski definition) is 0. The highest BCUT2D eigenvalue weighted by Crippen LogP contribution is 2.53. The van der Waals surface area contributed by atoms with E-state index in [1.165, 1.54) is 0 Å². The summed E-state index contributed by atoms with van der Waals surface area (Å²) in [6.45, 7) is 21.6. The zero-order valence-electron chi connectivity index (χ0n) is 15.8. The molecular formula is C17H37BO3. The topological polar surface area (TPSA) is 27.7 Å². The average Bonchev–Trinajstić information content (AvgIpc) is 2.35. The molecule has 0 aromatic rings. The number of ether oxygens (including phenoxy) is 2. The molecule has 0 rings (SSSR count). The van der Waals surface area contributed by atoms with E-state index in [4.69, 9.17) is 14.1 Å². The van der Waals surface area contributed by atoms with Crippen LogP contribution in [0.1, 0.15) is 68.2 Å². The molecule has 0 heterocycles. The van der Waals surface area contributed by atoms with Gasteiger partial charge in [0.05, 0.1) is 11.2 Å². The fourth-order valence-corrected chi connectivity index (χ4v) is 3.80. The minimum absolute atomic E-state index is 0.0856. The molecule has 0 aromatic heterocycles. The molecule has 4 heteroatoms. The predicted molar refractivity (Wildman–Crippen MR) is 92.3 cm³/mol. The first-order chi connectivity index (χ1) is 9.62. The van der Waals surface area contributed by atoms with Gasteiger partial charge in [-0.1, -0.05) is 20.2 Å². The van der Waals surface area contributed by atoms with Crippen LogP contribution < -0.4 is 0 Å². The molecular weight excluding hydrogens is 263 g/mol. The van der Waals surface area contributed by atoms with E-state index in [0.717, 1.165) is 26.1 Å². The SMILES string of the molecule is CCOB(C)C(CC)(CC(C)(C)OCC)C(C)(C)OCC. The third kappa shape index (κ3) is 5.26. The summed E-state index contributed by atoms with van der Waals surface area (Å²) in [5.74, 6) is 0. The van der Waals surface area contributed by atoms with E-state index in [0.29, 0.717) is 6.61 Å². The van der Waals surface area contributed by atoms with Crippen molar-refractivity contribution in [3.8, 4) is 0 Å². The highest BCUT2D eigenvalue weighted by molar-refractivity contribution is 6.54. The molecule has 0 fully saturated rings. The quantitative estimate of drug-likeness (QED) is 0.512. The zero-order valence-corrected chi connectivity index (χ0v) is 15.8. The molecule has 0 aliphatic heterocycles. The van der Waals surface area contributed by atoms with Gasteiger partial charge in [0.25, 0.3) is 6.92 Å². The van der Waals surface area contributed by atoms with E-state index in [9.17, 15) is 0 Å². The van der Waals surface area contributed by atoms with Crippen LogP contribution in [-0.2, 0) is 14.1 Å². The second-order valence-corrected chi connectivity index (χ2v) is 6.92. The van der Waals surface area contributed by atoms with Crippen molar-refractivity contribution in [1.29, 1.82) is 0 Å². The maximum atomic E-state index is 6.14. The largest absolute Gasteiger partial charge is 0.436 e. The molecule has 0 saturated carbocycles. The normalized spacial score (nSPS) is 15.9. The summed E-state index contributed by atoms with van der Waals surface area (Å²) < 4.78 is 18.1. The van der Waals surface area contributed by atoms with Crippen molar-refractivity contribution in [3.05, 3.63) is 0 Å². The Balaban J connectivity index is 5.61. The molecule has 0 aliphatic rings. The fraction of sp³-hybridized carbons (Fsp3) is 1.00. The van der Waals surface area contributed by atoms with Gasteiger partial charge in [-0.25, -0.2) is 0 Å². The Morgan fingerprint density at radius 3 is 1.71 bits per heavy atom. The van der Waals surface area contributed by atoms with Gasteiger partial charge in [-0.3, -0.25) is 0 Å². The smallest absolute Gasteiger partial charge is 0.299 e. The van der Waals surface area contributed by atoms with Crippen LogP contribution in [0.4, 0.5) is 0 Å². The van der Waals surface area contributed by atoms with Gasteiger partial charge >= 0.3 is 0 Å². The van der Waals surface area contributed by atoms with Gasteiger partial charge in [-0.05, 0) is 54.9 Å². The first-order valence-corrected chi connectivity index (χ1v) is 8.52. The minimum atomic E-state index is -0.264. The first-order valence-electron chi connectivity index (χ1n) is 8.52. The van der Waals surface area contributed by atoms with Gasteiger partial charge in [0, 0.05) is 25.1 Å². The molecule has 1 unspecified atom stereocenters. The molecule has 0 spiro atoms. The first kappa shape index (κ1) is 20.9. The third-order valence-corrected chi connectivity index (χ3v) is 4.81. The Morgan fingerprint density at radius 2 is 1.33 bits per heavy atom. The molecule has 0 N–H and O–H groups in total. The van der Waals surface area contributed by atoms with E-state index in [1.807, 2.05) is 0 Å². The molecule has 0 aliphatic carbocycles. The van der Waals surface area contributed by atoms with Gasteiger partial charge in [-0.15, -0.1) is 0 Å². The van der Waals surface area contributed by atoms with Crippen LogP contribution in [0.15, 0.2) is 0 Å². The van der Waals surface area contributed by atoms with Crippen LogP contribution in [0.2, 0.25) is 12.1 Å². The van der Waals surface area contributed by atoms with Gasteiger partial charge in [0.2, 0.25) is 0 Å². The molecule has 0 aromatic carbocycles. The molecule has 0 amide bonds. The number of hydrogen-bond acceptors (Lipinski definition) is 3. The van der Waals surface area contributed by atoms with Crippen molar-refractivity contribution >= 4 is 6.92 Å². The fourth-order valence-electron chi connectivity index (χ4n) is 3.80. The zero-order chi connectivity index (χ0) is 16.7. The lowest BCUT2D eigenvalue weighted by Crippen LogP contribution is -2.53. The maximum Gasteiger partial charge on any atom is 0.299 e. The third-order valence-electron chi connectivity index (χ3n) is 4.81. The average molecular weight is 300 g/mol. The van der Waals surface area contributed by atoms with Gasteiger partial charge < -0.3 is 14.1 Å². The van der Waals surface area contributed by atoms with Crippen LogP contribution in [-0.4, -0.2) is 37.9 Å². The maximum absolute atomic E-state index is 6.14. The molecule has 126 valence electrons. The molecule has 0 saturated heterocycles. The van der Waals surface area contributed by atoms with E-state index in [1.54, 1.807) is 0 Å². The predicted octanol–water partition coefficient (Wildman–Crippen LogP) is 4.81. The summed E-state index contributed by atoms with van der Waals surface area (Å²) in [7, 11) is 0. The minimum Gasteiger partial charge on any atom is -0.436 e. The number of rotatable bonds is 11. The van der Waals surface area contributed by atoms with Crippen molar-refractivity contribution in [1.82, 2.24) is 0 Å².